The third-order valence-electron chi connectivity index (χ3n) is 2.62. The Morgan fingerprint density at radius 3 is 2.67 bits per heavy atom. The molecule has 84 valence electrons. The van der Waals surface area contributed by atoms with E-state index in [-0.39, 0.29) is 24.8 Å². The molecule has 1 rings (SSSR count). The Hall–Kier alpha value is -1.36. The summed E-state index contributed by atoms with van der Waals surface area (Å²) in [6.07, 6.45) is -0.390. The molecule has 1 N–H and O–H groups in total. The van der Waals surface area contributed by atoms with E-state index in [2.05, 4.69) is 6.58 Å². The van der Waals surface area contributed by atoms with E-state index in [0.29, 0.717) is 12.1 Å². The number of ketones is 1. The molecule has 0 bridgehead atoms. The van der Waals surface area contributed by atoms with E-state index in [4.69, 9.17) is 5.11 Å². The van der Waals surface area contributed by atoms with Crippen LogP contribution in [0.15, 0.2) is 12.3 Å². The van der Waals surface area contributed by atoms with Gasteiger partial charge in [0.15, 0.2) is 5.78 Å². The largest absolute Gasteiger partial charge is 0.465 e. The van der Waals surface area contributed by atoms with Gasteiger partial charge in [-0.3, -0.25) is 14.6 Å². The summed E-state index contributed by atoms with van der Waals surface area (Å²) in [7, 11) is 3.62. The Bertz CT molecular complexity index is 299. The smallest absolute Gasteiger partial charge is 0.411 e. The van der Waals surface area contributed by atoms with Crippen LogP contribution >= 0.6 is 0 Å². The minimum atomic E-state index is -1.03. The molecule has 0 aliphatic carbocycles. The van der Waals surface area contributed by atoms with Crippen LogP contribution in [0.1, 0.15) is 12.8 Å². The number of hydrogen-bond acceptors (Lipinski definition) is 3. The molecule has 1 aliphatic rings. The van der Waals surface area contributed by atoms with Crippen LogP contribution in [0.25, 0.3) is 0 Å². The topological polar surface area (TPSA) is 60.9 Å². The second-order valence-corrected chi connectivity index (χ2v) is 3.90. The quantitative estimate of drug-likeness (QED) is 0.697. The Balaban J connectivity index is 2.83. The van der Waals surface area contributed by atoms with Crippen molar-refractivity contribution in [3.63, 3.8) is 0 Å². The molecular formula is C10H16N2O3. The molecule has 0 radical (unpaired) electrons. The van der Waals surface area contributed by atoms with Crippen molar-refractivity contribution in [1.29, 1.82) is 0 Å². The molecule has 1 amide bonds. The van der Waals surface area contributed by atoms with Gasteiger partial charge >= 0.3 is 6.09 Å². The van der Waals surface area contributed by atoms with Crippen LogP contribution in [-0.4, -0.2) is 53.5 Å². The first-order valence-corrected chi connectivity index (χ1v) is 4.81. The van der Waals surface area contributed by atoms with Crippen LogP contribution in [-0.2, 0) is 4.79 Å². The van der Waals surface area contributed by atoms with Crippen LogP contribution < -0.4 is 0 Å². The highest BCUT2D eigenvalue weighted by Gasteiger charge is 2.29. The van der Waals surface area contributed by atoms with E-state index in [1.165, 1.54) is 0 Å². The van der Waals surface area contributed by atoms with Gasteiger partial charge in [0.25, 0.3) is 0 Å². The van der Waals surface area contributed by atoms with E-state index in [0.717, 1.165) is 4.90 Å². The molecule has 1 aliphatic heterocycles. The molecular weight excluding hydrogens is 196 g/mol. The lowest BCUT2D eigenvalue weighted by Crippen LogP contribution is -2.35. The highest BCUT2D eigenvalue weighted by Crippen LogP contribution is 2.19. The molecule has 1 unspecified atom stereocenters. The zero-order valence-corrected chi connectivity index (χ0v) is 9.06. The number of nitrogens with zero attached hydrogens (tertiary/aromatic N) is 2. The Morgan fingerprint density at radius 2 is 2.20 bits per heavy atom. The van der Waals surface area contributed by atoms with Crippen LogP contribution in [0.2, 0.25) is 0 Å². The Morgan fingerprint density at radius 1 is 1.60 bits per heavy atom. The molecule has 5 heteroatoms. The summed E-state index contributed by atoms with van der Waals surface area (Å²) in [6, 6.07) is -0.248. The number of amides is 1. The van der Waals surface area contributed by atoms with Crippen molar-refractivity contribution in [1.82, 2.24) is 9.80 Å². The zero-order chi connectivity index (χ0) is 11.6. The summed E-state index contributed by atoms with van der Waals surface area (Å²) in [5.41, 5.74) is 0.493. The maximum Gasteiger partial charge on any atom is 0.411 e. The number of carbonyl (C=O) groups is 2. The van der Waals surface area contributed by atoms with E-state index in [1.54, 1.807) is 4.90 Å². The predicted octanol–water partition coefficient (Wildman–Crippen LogP) is 0.773. The van der Waals surface area contributed by atoms with Crippen LogP contribution in [0, 0.1) is 0 Å². The number of rotatable bonds is 1. The van der Waals surface area contributed by atoms with Crippen molar-refractivity contribution in [2.75, 3.05) is 20.6 Å². The van der Waals surface area contributed by atoms with Crippen LogP contribution in [0.4, 0.5) is 4.79 Å². The fraction of sp³-hybridized carbons (Fsp3) is 0.600. The minimum Gasteiger partial charge on any atom is -0.465 e. The van der Waals surface area contributed by atoms with Gasteiger partial charge in [0.1, 0.15) is 0 Å². The van der Waals surface area contributed by atoms with Crippen LogP contribution in [0.5, 0.6) is 0 Å². The summed E-state index contributed by atoms with van der Waals surface area (Å²) in [6.45, 7) is 3.93. The van der Waals surface area contributed by atoms with Crippen molar-refractivity contribution in [3.05, 3.63) is 12.3 Å². The third kappa shape index (κ3) is 2.56. The highest BCUT2D eigenvalue weighted by atomic mass is 16.4. The molecule has 0 spiro atoms. The Labute approximate surface area is 89.0 Å². The number of Topliss-reactive ketones (excluding diaryl/α,β-unsaturated/α-hetero) is 1. The molecule has 1 atom stereocenters. The van der Waals surface area contributed by atoms with E-state index in [1.807, 2.05) is 14.1 Å². The summed E-state index contributed by atoms with van der Waals surface area (Å²) in [5.74, 6) is 0.0740. The zero-order valence-electron chi connectivity index (χ0n) is 9.06. The molecule has 0 aromatic rings. The summed E-state index contributed by atoms with van der Waals surface area (Å²) >= 11 is 0. The van der Waals surface area contributed by atoms with Gasteiger partial charge in [-0.1, -0.05) is 6.58 Å². The maximum absolute atomic E-state index is 11.7. The Kier molecular flexibility index (Phi) is 3.47. The van der Waals surface area contributed by atoms with Crippen molar-refractivity contribution < 1.29 is 14.7 Å². The SMILES string of the molecule is C=C1CC(N(C)C)C(=O)CCN1C(=O)O. The molecule has 5 nitrogen and oxygen atoms in total. The van der Waals surface area contributed by atoms with Crippen molar-refractivity contribution in [3.8, 4) is 0 Å². The number of likely N-dealkylation sites (N-methyl/N-ethyl adjacent to an activating group) is 1. The lowest BCUT2D eigenvalue weighted by Gasteiger charge is -2.22. The molecule has 1 heterocycles. The lowest BCUT2D eigenvalue weighted by atomic mass is 10.1. The fourth-order valence-electron chi connectivity index (χ4n) is 1.70. The van der Waals surface area contributed by atoms with Crippen molar-refractivity contribution in [2.45, 2.75) is 18.9 Å². The molecule has 1 fully saturated rings. The lowest BCUT2D eigenvalue weighted by molar-refractivity contribution is -0.123. The number of hydrogen-bond donors (Lipinski definition) is 1. The van der Waals surface area contributed by atoms with Gasteiger partial charge in [0.05, 0.1) is 6.04 Å². The van der Waals surface area contributed by atoms with E-state index >= 15 is 0 Å². The molecule has 0 saturated carbocycles. The average Bonchev–Trinajstić information content (AvgIpc) is 2.26. The van der Waals surface area contributed by atoms with Gasteiger partial charge in [-0.2, -0.15) is 0 Å². The predicted molar refractivity (Wildman–Crippen MR) is 55.6 cm³/mol. The molecule has 1 saturated heterocycles. The first-order chi connectivity index (χ1) is 6.93. The number of carbonyl (C=O) groups excluding carboxylic acids is 1. The monoisotopic (exact) mass is 212 g/mol. The maximum atomic E-state index is 11.7. The molecule has 0 aromatic heterocycles. The molecule has 15 heavy (non-hydrogen) atoms. The van der Waals surface area contributed by atoms with Gasteiger partial charge in [-0.25, -0.2) is 4.79 Å². The number of likely N-dealkylation sites (tertiary alicyclic amines) is 1. The van der Waals surface area contributed by atoms with E-state index in [9.17, 15) is 9.59 Å². The minimum absolute atomic E-state index is 0.0740. The second kappa shape index (κ2) is 4.44. The standard InChI is InChI=1S/C10H16N2O3/c1-7-6-8(11(2)3)9(13)4-5-12(7)10(14)15/h8H,1,4-6H2,2-3H3,(H,14,15). The van der Waals surface area contributed by atoms with Crippen molar-refractivity contribution >= 4 is 11.9 Å². The molecule has 0 aromatic carbocycles. The van der Waals surface area contributed by atoms with Gasteiger partial charge in [0, 0.05) is 25.1 Å². The summed E-state index contributed by atoms with van der Waals surface area (Å²) in [5, 5.41) is 8.88. The highest BCUT2D eigenvalue weighted by molar-refractivity contribution is 5.85. The van der Waals surface area contributed by atoms with Gasteiger partial charge in [0.2, 0.25) is 0 Å². The van der Waals surface area contributed by atoms with Gasteiger partial charge < -0.3 is 5.11 Å². The van der Waals surface area contributed by atoms with Crippen molar-refractivity contribution in [2.24, 2.45) is 0 Å². The summed E-state index contributed by atoms with van der Waals surface area (Å²) < 4.78 is 0. The van der Waals surface area contributed by atoms with Gasteiger partial charge in [-0.15, -0.1) is 0 Å². The normalized spacial score (nSPS) is 23.1. The summed E-state index contributed by atoms with van der Waals surface area (Å²) in [4.78, 5) is 25.5. The second-order valence-electron chi connectivity index (χ2n) is 3.90. The van der Waals surface area contributed by atoms with E-state index < -0.39 is 6.09 Å². The van der Waals surface area contributed by atoms with Gasteiger partial charge in [-0.05, 0) is 14.1 Å². The third-order valence-corrected chi connectivity index (χ3v) is 2.62. The first-order valence-electron chi connectivity index (χ1n) is 4.81. The fourth-order valence-corrected chi connectivity index (χ4v) is 1.70. The van der Waals surface area contributed by atoms with Crippen LogP contribution in [0.3, 0.4) is 0 Å². The number of carboxylic acid groups (broad SMARTS) is 1. The average molecular weight is 212 g/mol. The first kappa shape index (κ1) is 11.7.